The van der Waals surface area contributed by atoms with E-state index in [0.717, 1.165) is 30.5 Å². The summed E-state index contributed by atoms with van der Waals surface area (Å²) in [7, 11) is 0. The molecule has 2 N–H and O–H groups in total. The first-order chi connectivity index (χ1) is 11.6. The minimum Gasteiger partial charge on any atom is -0.393 e. The van der Waals surface area contributed by atoms with E-state index in [1.165, 1.54) is 6.07 Å². The number of hydrogen-bond acceptors (Lipinski definition) is 3. The molecule has 4 nitrogen and oxygen atoms in total. The van der Waals surface area contributed by atoms with E-state index in [1.54, 1.807) is 18.6 Å². The molecule has 3 rings (SSSR count). The van der Waals surface area contributed by atoms with Crippen LogP contribution in [0.15, 0.2) is 30.7 Å². The number of imidazole rings is 1. The molecule has 0 aliphatic carbocycles. The Balaban J connectivity index is 1.65. The first kappa shape index (κ1) is 17.1. The minimum atomic E-state index is -0.523. The summed E-state index contributed by atoms with van der Waals surface area (Å²) in [6.45, 7) is 2.05. The molecule has 0 unspecified atom stereocenters. The Labute approximate surface area is 142 Å². The molecule has 3 atom stereocenters. The number of rotatable bonds is 8. The molecule has 2 heterocycles. The Morgan fingerprint density at radius 2 is 2.00 bits per heavy atom. The molecule has 1 aromatic carbocycles. The highest BCUT2D eigenvalue weighted by molar-refractivity contribution is 5.69. The Morgan fingerprint density at radius 3 is 2.79 bits per heavy atom. The average Bonchev–Trinajstić information content (AvgIpc) is 3.11. The molecular formula is C19H25FN2O2. The summed E-state index contributed by atoms with van der Waals surface area (Å²) in [5, 5.41) is 20.2. The van der Waals surface area contributed by atoms with Crippen LogP contribution in [-0.4, -0.2) is 32.0 Å². The summed E-state index contributed by atoms with van der Waals surface area (Å²) in [4.78, 5) is 4.16. The molecule has 0 fully saturated rings. The molecule has 1 aromatic heterocycles. The second-order valence-electron chi connectivity index (χ2n) is 6.67. The molecule has 0 radical (unpaired) electrons. The molecule has 24 heavy (non-hydrogen) atoms. The van der Waals surface area contributed by atoms with Gasteiger partial charge in [0.05, 0.1) is 36.5 Å². The van der Waals surface area contributed by atoms with Crippen molar-refractivity contribution in [3.63, 3.8) is 0 Å². The van der Waals surface area contributed by atoms with Crippen molar-refractivity contribution in [2.75, 3.05) is 0 Å². The van der Waals surface area contributed by atoms with Gasteiger partial charge in [-0.2, -0.15) is 0 Å². The van der Waals surface area contributed by atoms with Gasteiger partial charge < -0.3 is 14.8 Å². The summed E-state index contributed by atoms with van der Waals surface area (Å²) >= 11 is 0. The maximum atomic E-state index is 14.3. The van der Waals surface area contributed by atoms with Crippen molar-refractivity contribution in [2.45, 2.75) is 63.7 Å². The zero-order valence-corrected chi connectivity index (χ0v) is 14.0. The third kappa shape index (κ3) is 3.37. The van der Waals surface area contributed by atoms with E-state index in [4.69, 9.17) is 0 Å². The van der Waals surface area contributed by atoms with Crippen molar-refractivity contribution < 1.29 is 14.6 Å². The first-order valence-corrected chi connectivity index (χ1v) is 8.78. The highest BCUT2D eigenvalue weighted by Gasteiger charge is 2.32. The fraction of sp³-hybridized carbons (Fsp3) is 0.526. The van der Waals surface area contributed by atoms with Crippen molar-refractivity contribution in [1.29, 1.82) is 0 Å². The van der Waals surface area contributed by atoms with Crippen molar-refractivity contribution in [2.24, 2.45) is 0 Å². The van der Waals surface area contributed by atoms with Crippen LogP contribution in [0, 0.1) is 5.82 Å². The van der Waals surface area contributed by atoms with Crippen LogP contribution < -0.4 is 0 Å². The third-order valence-electron chi connectivity index (χ3n) is 4.86. The summed E-state index contributed by atoms with van der Waals surface area (Å²) in [6.07, 6.45) is 6.96. The highest BCUT2D eigenvalue weighted by atomic mass is 19.1. The Bertz CT molecular complexity index is 686. The summed E-state index contributed by atoms with van der Waals surface area (Å²) in [6, 6.07) is 4.87. The van der Waals surface area contributed by atoms with Crippen LogP contribution in [0.3, 0.4) is 0 Å². The number of halogens is 1. The maximum Gasteiger partial charge on any atom is 0.129 e. The van der Waals surface area contributed by atoms with Crippen LogP contribution in [0.1, 0.15) is 57.1 Å². The van der Waals surface area contributed by atoms with E-state index >= 15 is 0 Å². The fourth-order valence-electron chi connectivity index (χ4n) is 3.67. The topological polar surface area (TPSA) is 58.3 Å². The molecule has 0 bridgehead atoms. The van der Waals surface area contributed by atoms with Crippen LogP contribution in [-0.2, 0) is 0 Å². The number of hydrogen-bond donors (Lipinski definition) is 2. The van der Waals surface area contributed by atoms with Gasteiger partial charge in [-0.25, -0.2) is 9.37 Å². The Hall–Kier alpha value is -1.72. The van der Waals surface area contributed by atoms with Gasteiger partial charge in [0, 0.05) is 11.1 Å². The smallest absolute Gasteiger partial charge is 0.129 e. The number of aliphatic hydroxyl groups excluding tert-OH is 2. The average molecular weight is 332 g/mol. The van der Waals surface area contributed by atoms with E-state index in [2.05, 4.69) is 4.98 Å². The lowest BCUT2D eigenvalue weighted by atomic mass is 9.95. The molecule has 5 heteroatoms. The monoisotopic (exact) mass is 332 g/mol. The largest absolute Gasteiger partial charge is 0.393 e. The van der Waals surface area contributed by atoms with Gasteiger partial charge in [0.1, 0.15) is 5.82 Å². The van der Waals surface area contributed by atoms with E-state index < -0.39 is 6.10 Å². The van der Waals surface area contributed by atoms with Gasteiger partial charge in [-0.1, -0.05) is 25.5 Å². The first-order valence-electron chi connectivity index (χ1n) is 8.78. The normalized spacial score (nSPS) is 18.2. The number of aromatic nitrogens is 2. The maximum absolute atomic E-state index is 14.3. The molecule has 130 valence electrons. The predicted molar refractivity (Wildman–Crippen MR) is 91.1 cm³/mol. The molecule has 2 aromatic rings. The van der Waals surface area contributed by atoms with Crippen LogP contribution in [0.4, 0.5) is 4.39 Å². The van der Waals surface area contributed by atoms with Crippen molar-refractivity contribution in [3.8, 4) is 11.3 Å². The number of benzene rings is 1. The van der Waals surface area contributed by atoms with Crippen LogP contribution in [0.25, 0.3) is 11.3 Å². The number of nitrogens with zero attached hydrogens (tertiary/aromatic N) is 2. The highest BCUT2D eigenvalue weighted by Crippen LogP contribution is 2.42. The lowest BCUT2D eigenvalue weighted by Crippen LogP contribution is -2.17. The van der Waals surface area contributed by atoms with Gasteiger partial charge >= 0.3 is 0 Å². The molecule has 0 amide bonds. The van der Waals surface area contributed by atoms with Gasteiger partial charge in [-0.3, -0.25) is 0 Å². The molecule has 0 spiro atoms. The lowest BCUT2D eigenvalue weighted by Gasteiger charge is -2.20. The third-order valence-corrected chi connectivity index (χ3v) is 4.86. The van der Waals surface area contributed by atoms with Gasteiger partial charge in [0.25, 0.3) is 0 Å². The van der Waals surface area contributed by atoms with Gasteiger partial charge in [0.15, 0.2) is 0 Å². The van der Waals surface area contributed by atoms with Gasteiger partial charge in [0.2, 0.25) is 0 Å². The zero-order valence-electron chi connectivity index (χ0n) is 14.0. The van der Waals surface area contributed by atoms with E-state index in [-0.39, 0.29) is 18.0 Å². The molecule has 0 saturated carbocycles. The summed E-state index contributed by atoms with van der Waals surface area (Å²) in [5.41, 5.74) is 2.42. The SMILES string of the molecule is CCC[C@@H](O)CCC[C@H](O)C[C@H]1c2c(F)cccc2-c2cncn21. The molecule has 1 aliphatic heterocycles. The Kier molecular flexibility index (Phi) is 5.31. The standard InChI is InChI=1S/C19H25FN2O2/c1-2-5-13(23)6-3-7-14(24)10-17-19-15(8-4-9-16(19)20)18-11-21-12-22(17)18/h4,8-9,11-14,17,23-24H,2-3,5-7,10H2,1H3/t13-,14+,17+/m1/s1. The van der Waals surface area contributed by atoms with Crippen molar-refractivity contribution in [1.82, 2.24) is 9.55 Å². The number of aliphatic hydroxyl groups is 2. The molecule has 0 saturated heterocycles. The Morgan fingerprint density at radius 1 is 1.21 bits per heavy atom. The molecule has 1 aliphatic rings. The second-order valence-corrected chi connectivity index (χ2v) is 6.67. The van der Waals surface area contributed by atoms with Gasteiger partial charge in [-0.15, -0.1) is 0 Å². The summed E-state index contributed by atoms with van der Waals surface area (Å²) in [5.74, 6) is -0.230. The second kappa shape index (κ2) is 7.45. The molecular weight excluding hydrogens is 307 g/mol. The summed E-state index contributed by atoms with van der Waals surface area (Å²) < 4.78 is 16.3. The van der Waals surface area contributed by atoms with E-state index in [0.29, 0.717) is 24.8 Å². The quantitative estimate of drug-likeness (QED) is 0.775. The van der Waals surface area contributed by atoms with E-state index in [9.17, 15) is 14.6 Å². The van der Waals surface area contributed by atoms with Crippen molar-refractivity contribution in [3.05, 3.63) is 42.1 Å². The van der Waals surface area contributed by atoms with E-state index in [1.807, 2.05) is 17.6 Å². The zero-order chi connectivity index (χ0) is 17.1. The van der Waals surface area contributed by atoms with Crippen LogP contribution in [0.5, 0.6) is 0 Å². The van der Waals surface area contributed by atoms with Crippen LogP contribution >= 0.6 is 0 Å². The predicted octanol–water partition coefficient (Wildman–Crippen LogP) is 3.67. The lowest BCUT2D eigenvalue weighted by molar-refractivity contribution is 0.117. The number of fused-ring (bicyclic) bond motifs is 3. The van der Waals surface area contributed by atoms with Crippen LogP contribution in [0.2, 0.25) is 0 Å². The van der Waals surface area contributed by atoms with Gasteiger partial charge in [-0.05, 0) is 38.2 Å². The fourth-order valence-corrected chi connectivity index (χ4v) is 3.67. The minimum absolute atomic E-state index is 0.214. The van der Waals surface area contributed by atoms with Crippen molar-refractivity contribution >= 4 is 0 Å².